The van der Waals surface area contributed by atoms with E-state index in [-0.39, 0.29) is 35.1 Å². The summed E-state index contributed by atoms with van der Waals surface area (Å²) in [6.45, 7) is 9.61. The molecule has 3 aliphatic carbocycles. The number of carbonyl (C=O) groups excluding carboxylic acids is 2. The zero-order chi connectivity index (χ0) is 20.1. The van der Waals surface area contributed by atoms with Gasteiger partial charge in [0.2, 0.25) is 0 Å². The van der Waals surface area contributed by atoms with Crippen LogP contribution >= 0.6 is 0 Å². The van der Waals surface area contributed by atoms with Gasteiger partial charge in [0.05, 0.1) is 6.61 Å². The van der Waals surface area contributed by atoms with Crippen LogP contribution in [0.3, 0.4) is 0 Å². The highest BCUT2D eigenvalue weighted by Gasteiger charge is 2.58. The maximum Gasteiger partial charge on any atom is 0.303 e. The molecule has 0 bridgehead atoms. The predicted octanol–water partition coefficient (Wildman–Crippen LogP) is 2.95. The summed E-state index contributed by atoms with van der Waals surface area (Å²) in [5, 5.41) is 21.0. The Hall–Kier alpha value is -1.46. The van der Waals surface area contributed by atoms with E-state index in [1.165, 1.54) is 6.92 Å². The van der Waals surface area contributed by atoms with Crippen LogP contribution in [0.2, 0.25) is 0 Å². The van der Waals surface area contributed by atoms with Crippen molar-refractivity contribution in [3.63, 3.8) is 0 Å². The first-order chi connectivity index (χ1) is 12.5. The molecule has 0 spiro atoms. The molecular formula is C22H32O5. The van der Waals surface area contributed by atoms with Crippen LogP contribution in [-0.2, 0) is 14.3 Å². The smallest absolute Gasteiger partial charge is 0.303 e. The summed E-state index contributed by atoms with van der Waals surface area (Å²) in [5.41, 5.74) is 1.69. The van der Waals surface area contributed by atoms with Gasteiger partial charge in [-0.15, -0.1) is 0 Å². The number of hydrogen-bond donors (Lipinski definition) is 2. The van der Waals surface area contributed by atoms with Gasteiger partial charge in [0.1, 0.15) is 12.2 Å². The first-order valence-electron chi connectivity index (χ1n) is 10.00. The average Bonchev–Trinajstić information content (AvgIpc) is 2.70. The zero-order valence-corrected chi connectivity index (χ0v) is 17.0. The van der Waals surface area contributed by atoms with Gasteiger partial charge < -0.3 is 14.9 Å². The molecule has 5 heteroatoms. The summed E-state index contributed by atoms with van der Waals surface area (Å²) in [5.74, 6) is -0.172. The van der Waals surface area contributed by atoms with Gasteiger partial charge in [-0.25, -0.2) is 0 Å². The van der Waals surface area contributed by atoms with Gasteiger partial charge in [-0.3, -0.25) is 9.59 Å². The highest BCUT2D eigenvalue weighted by molar-refractivity contribution is 5.98. The maximum atomic E-state index is 12.4. The molecule has 1 fully saturated rings. The summed E-state index contributed by atoms with van der Waals surface area (Å²) in [6.07, 6.45) is 3.43. The lowest BCUT2D eigenvalue weighted by Gasteiger charge is -2.39. The van der Waals surface area contributed by atoms with E-state index in [0.29, 0.717) is 12.0 Å². The van der Waals surface area contributed by atoms with Gasteiger partial charge in [-0.1, -0.05) is 33.8 Å². The van der Waals surface area contributed by atoms with Gasteiger partial charge in [-0.2, -0.15) is 0 Å². The topological polar surface area (TPSA) is 83.8 Å². The number of Topliss-reactive ketones (excluding diaryl/α,β-unsaturated/α-hetero) is 1. The van der Waals surface area contributed by atoms with Crippen LogP contribution in [0.4, 0.5) is 0 Å². The lowest BCUT2D eigenvalue weighted by atomic mass is 9.65. The van der Waals surface area contributed by atoms with E-state index in [2.05, 4.69) is 27.7 Å². The van der Waals surface area contributed by atoms with E-state index in [9.17, 15) is 19.8 Å². The van der Waals surface area contributed by atoms with Crippen molar-refractivity contribution in [2.45, 2.75) is 72.5 Å². The van der Waals surface area contributed by atoms with Gasteiger partial charge in [0.15, 0.2) is 5.78 Å². The predicted molar refractivity (Wildman–Crippen MR) is 102 cm³/mol. The van der Waals surface area contributed by atoms with Crippen molar-refractivity contribution < 1.29 is 24.5 Å². The fraction of sp³-hybridized carbons (Fsp3) is 0.727. The zero-order valence-electron chi connectivity index (χ0n) is 17.0. The lowest BCUT2D eigenvalue weighted by Crippen LogP contribution is -2.38. The number of ketones is 1. The van der Waals surface area contributed by atoms with Gasteiger partial charge >= 0.3 is 5.97 Å². The van der Waals surface area contributed by atoms with Crippen LogP contribution in [0.1, 0.15) is 60.3 Å². The van der Waals surface area contributed by atoms with Crippen LogP contribution in [0, 0.1) is 22.7 Å². The van der Waals surface area contributed by atoms with E-state index in [0.717, 1.165) is 30.4 Å². The van der Waals surface area contributed by atoms with Crippen LogP contribution in [-0.4, -0.2) is 40.8 Å². The molecule has 0 aromatic rings. The number of ether oxygens (including phenoxy) is 1. The van der Waals surface area contributed by atoms with Gasteiger partial charge in [-0.05, 0) is 47.2 Å². The number of carbonyl (C=O) groups is 2. The highest BCUT2D eigenvalue weighted by atomic mass is 16.6. The minimum atomic E-state index is -0.891. The van der Waals surface area contributed by atoms with E-state index in [1.54, 1.807) is 0 Å². The number of fused-ring (bicyclic) bond motifs is 2. The van der Waals surface area contributed by atoms with Crippen molar-refractivity contribution in [1.29, 1.82) is 0 Å². The third kappa shape index (κ3) is 3.09. The molecule has 0 amide bonds. The standard InChI is InChI=1S/C22H32O5/c1-12(2)18-20(27-13(3)24)19(26)16-10-15-14(11-23)17(25)6-7-21(15,4)8-9-22(16,18)5/h10,12,18-20,23,26H,6-9,11H2,1-5H3. The first kappa shape index (κ1) is 20.3. The molecule has 0 aromatic carbocycles. The SMILES string of the molecule is CC(=O)OC1C(O)C2=CC3=C(CO)C(=O)CCC3(C)CCC2(C)C1C(C)C. The Morgan fingerprint density at radius 3 is 2.52 bits per heavy atom. The molecule has 3 rings (SSSR count). The Labute approximate surface area is 161 Å². The van der Waals surface area contributed by atoms with E-state index < -0.39 is 18.2 Å². The van der Waals surface area contributed by atoms with Gasteiger partial charge in [0, 0.05) is 24.8 Å². The molecule has 5 nitrogen and oxygen atoms in total. The maximum absolute atomic E-state index is 12.4. The van der Waals surface area contributed by atoms with Crippen molar-refractivity contribution in [2.75, 3.05) is 6.61 Å². The van der Waals surface area contributed by atoms with Crippen LogP contribution in [0.5, 0.6) is 0 Å². The molecule has 150 valence electrons. The van der Waals surface area contributed by atoms with Crippen LogP contribution in [0.25, 0.3) is 0 Å². The molecule has 0 aromatic heterocycles. The van der Waals surface area contributed by atoms with E-state index in [4.69, 9.17) is 4.74 Å². The Balaban J connectivity index is 2.19. The lowest BCUT2D eigenvalue weighted by molar-refractivity contribution is -0.155. The first-order valence-corrected chi connectivity index (χ1v) is 10.00. The number of hydrogen-bond acceptors (Lipinski definition) is 5. The van der Waals surface area contributed by atoms with Crippen LogP contribution in [0.15, 0.2) is 22.8 Å². The highest BCUT2D eigenvalue weighted by Crippen LogP contribution is 2.60. The molecule has 27 heavy (non-hydrogen) atoms. The van der Waals surface area contributed by atoms with Crippen molar-refractivity contribution in [3.05, 3.63) is 22.8 Å². The Morgan fingerprint density at radius 1 is 1.30 bits per heavy atom. The largest absolute Gasteiger partial charge is 0.459 e. The Morgan fingerprint density at radius 2 is 1.96 bits per heavy atom. The molecule has 1 saturated carbocycles. The summed E-state index contributed by atoms with van der Waals surface area (Å²) < 4.78 is 5.57. The Bertz CT molecular complexity index is 718. The number of allylic oxidation sites excluding steroid dienone is 2. The molecule has 2 N–H and O–H groups in total. The average molecular weight is 376 g/mol. The third-order valence-corrected chi connectivity index (χ3v) is 7.27. The molecule has 0 radical (unpaired) electrons. The second-order valence-corrected chi connectivity index (χ2v) is 9.34. The van der Waals surface area contributed by atoms with E-state index >= 15 is 0 Å². The Kier molecular flexibility index (Phi) is 5.15. The minimum Gasteiger partial charge on any atom is -0.459 e. The summed E-state index contributed by atoms with van der Waals surface area (Å²) in [4.78, 5) is 24.1. The summed E-state index contributed by atoms with van der Waals surface area (Å²) in [6, 6.07) is 0. The van der Waals surface area contributed by atoms with Crippen LogP contribution < -0.4 is 0 Å². The molecule has 3 aliphatic rings. The quantitative estimate of drug-likeness (QED) is 0.740. The number of esters is 1. The number of rotatable bonds is 3. The molecule has 0 aliphatic heterocycles. The summed E-state index contributed by atoms with van der Waals surface area (Å²) >= 11 is 0. The number of aliphatic hydroxyl groups is 2. The minimum absolute atomic E-state index is 0.000260. The molecule has 5 unspecified atom stereocenters. The molecule has 5 atom stereocenters. The van der Waals surface area contributed by atoms with Crippen molar-refractivity contribution in [2.24, 2.45) is 22.7 Å². The third-order valence-electron chi connectivity index (χ3n) is 7.27. The van der Waals surface area contributed by atoms with Crippen molar-refractivity contribution in [3.8, 4) is 0 Å². The van der Waals surface area contributed by atoms with Crippen molar-refractivity contribution >= 4 is 11.8 Å². The normalized spacial score (nSPS) is 39.0. The van der Waals surface area contributed by atoms with E-state index in [1.807, 2.05) is 6.08 Å². The number of aliphatic hydroxyl groups excluding tert-OH is 2. The van der Waals surface area contributed by atoms with Crippen molar-refractivity contribution in [1.82, 2.24) is 0 Å². The second-order valence-electron chi connectivity index (χ2n) is 9.34. The molecular weight excluding hydrogens is 344 g/mol. The second kappa shape index (κ2) is 6.85. The van der Waals surface area contributed by atoms with Gasteiger partial charge in [0.25, 0.3) is 0 Å². The molecule has 0 saturated heterocycles. The fourth-order valence-corrected chi connectivity index (χ4v) is 5.85. The molecule has 0 heterocycles. The summed E-state index contributed by atoms with van der Waals surface area (Å²) in [7, 11) is 0. The fourth-order valence-electron chi connectivity index (χ4n) is 5.85. The monoisotopic (exact) mass is 376 g/mol.